The summed E-state index contributed by atoms with van der Waals surface area (Å²) in [5, 5.41) is 0. The first-order chi connectivity index (χ1) is 8.38. The maximum Gasteiger partial charge on any atom is 0.123 e. The van der Waals surface area contributed by atoms with E-state index in [2.05, 4.69) is 52.5 Å². The van der Waals surface area contributed by atoms with Gasteiger partial charge in [-0.05, 0) is 34.6 Å². The van der Waals surface area contributed by atoms with Gasteiger partial charge in [0.2, 0.25) is 0 Å². The maximum absolute atomic E-state index is 5.83. The molecule has 0 fully saturated rings. The van der Waals surface area contributed by atoms with Crippen LogP contribution in [0.15, 0.2) is 30.4 Å². The number of alkyl halides is 1. The monoisotopic (exact) mass is 266 g/mol. The Bertz CT molecular complexity index is 416. The third-order valence-electron chi connectivity index (χ3n) is 2.88. The molecule has 2 heteroatoms. The molecule has 0 atom stereocenters. The molecule has 0 aliphatic heterocycles. The molecule has 0 aliphatic rings. The number of hydrogen-bond donors (Lipinski definition) is 0. The molecule has 0 heterocycles. The number of aryl methyl sites for hydroxylation is 1. The predicted molar refractivity (Wildman–Crippen MR) is 79.9 cm³/mol. The number of ether oxygens (including phenoxy) is 1. The van der Waals surface area contributed by atoms with E-state index in [4.69, 9.17) is 16.3 Å². The van der Waals surface area contributed by atoms with Crippen molar-refractivity contribution in [3.05, 3.63) is 41.5 Å². The van der Waals surface area contributed by atoms with Crippen LogP contribution in [0.4, 0.5) is 0 Å². The third kappa shape index (κ3) is 4.06. The van der Waals surface area contributed by atoms with E-state index < -0.39 is 0 Å². The van der Waals surface area contributed by atoms with Gasteiger partial charge in [-0.1, -0.05) is 46.4 Å². The molecule has 0 spiro atoms. The molecule has 0 N–H and O–H groups in total. The van der Waals surface area contributed by atoms with Crippen LogP contribution in [0, 0.1) is 0 Å². The Morgan fingerprint density at radius 3 is 2.50 bits per heavy atom. The second-order valence-electron chi connectivity index (χ2n) is 5.61. The second kappa shape index (κ2) is 6.29. The number of rotatable bonds is 5. The van der Waals surface area contributed by atoms with Gasteiger partial charge in [0.25, 0.3) is 0 Å². The van der Waals surface area contributed by atoms with Crippen LogP contribution in [-0.2, 0) is 11.8 Å². The lowest BCUT2D eigenvalue weighted by Gasteiger charge is -2.24. The smallest absolute Gasteiger partial charge is 0.123 e. The van der Waals surface area contributed by atoms with Crippen LogP contribution in [0.3, 0.4) is 0 Å². The minimum atomic E-state index is 0.0722. The molecule has 0 aliphatic carbocycles. The van der Waals surface area contributed by atoms with Crippen molar-refractivity contribution in [3.63, 3.8) is 0 Å². The molecule has 1 nitrogen and oxygen atoms in total. The molecule has 18 heavy (non-hydrogen) atoms. The van der Waals surface area contributed by atoms with Gasteiger partial charge >= 0.3 is 0 Å². The summed E-state index contributed by atoms with van der Waals surface area (Å²) in [6.45, 7) is 13.1. The fraction of sp³-hybridized carbons (Fsp3) is 0.500. The number of hydrogen-bond acceptors (Lipinski definition) is 1. The van der Waals surface area contributed by atoms with Crippen LogP contribution in [-0.4, -0.2) is 12.5 Å². The first-order valence-corrected chi connectivity index (χ1v) is 6.90. The van der Waals surface area contributed by atoms with Gasteiger partial charge in [-0.3, -0.25) is 0 Å². The Kier molecular flexibility index (Phi) is 5.28. The van der Waals surface area contributed by atoms with Crippen LogP contribution in [0.5, 0.6) is 5.75 Å². The lowest BCUT2D eigenvalue weighted by Crippen LogP contribution is -2.15. The zero-order valence-corrected chi connectivity index (χ0v) is 12.6. The number of benzene rings is 1. The van der Waals surface area contributed by atoms with Gasteiger partial charge in [0, 0.05) is 5.88 Å². The van der Waals surface area contributed by atoms with E-state index in [1.807, 2.05) is 0 Å². The fourth-order valence-corrected chi connectivity index (χ4v) is 1.80. The highest BCUT2D eigenvalue weighted by Crippen LogP contribution is 2.32. The van der Waals surface area contributed by atoms with E-state index in [1.54, 1.807) is 0 Å². The molecule has 1 rings (SSSR count). The Balaban J connectivity index is 2.99. The molecule has 1 aromatic rings. The minimum absolute atomic E-state index is 0.0722. The molecule has 0 bridgehead atoms. The molecule has 100 valence electrons. The average molecular weight is 267 g/mol. The van der Waals surface area contributed by atoms with Gasteiger partial charge in [0.1, 0.15) is 12.4 Å². The second-order valence-corrected chi connectivity index (χ2v) is 5.87. The molecule has 0 saturated heterocycles. The summed E-state index contributed by atoms with van der Waals surface area (Å²) in [5.74, 6) is 1.38. The van der Waals surface area contributed by atoms with E-state index in [0.29, 0.717) is 12.5 Å². The van der Waals surface area contributed by atoms with Crippen LogP contribution in [0.1, 0.15) is 38.8 Å². The van der Waals surface area contributed by atoms with Crippen molar-refractivity contribution in [2.24, 2.45) is 0 Å². The Morgan fingerprint density at radius 1 is 1.33 bits per heavy atom. The molecular weight excluding hydrogens is 244 g/mol. The largest absolute Gasteiger partial charge is 0.489 e. The molecule has 0 aromatic heterocycles. The van der Waals surface area contributed by atoms with Gasteiger partial charge in [0.15, 0.2) is 0 Å². The van der Waals surface area contributed by atoms with Crippen LogP contribution < -0.4 is 4.74 Å². The zero-order valence-electron chi connectivity index (χ0n) is 11.8. The maximum atomic E-state index is 5.83. The minimum Gasteiger partial charge on any atom is -0.489 e. The Hall–Kier alpha value is -0.950. The third-order valence-corrected chi connectivity index (χ3v) is 3.26. The SMILES string of the molecule is C=C(CCl)COc1ccc(CC)cc1C(C)(C)C. The first-order valence-electron chi connectivity index (χ1n) is 6.37. The summed E-state index contributed by atoms with van der Waals surface area (Å²) in [6.07, 6.45) is 1.04. The molecular formula is C16H23ClO. The van der Waals surface area contributed by atoms with Gasteiger partial charge in [-0.25, -0.2) is 0 Å². The summed E-state index contributed by atoms with van der Waals surface area (Å²) in [6, 6.07) is 6.41. The lowest BCUT2D eigenvalue weighted by molar-refractivity contribution is 0.341. The van der Waals surface area contributed by atoms with Crippen LogP contribution >= 0.6 is 11.6 Å². The normalized spacial score (nSPS) is 11.4. The summed E-state index contributed by atoms with van der Waals surface area (Å²) < 4.78 is 5.83. The summed E-state index contributed by atoms with van der Waals surface area (Å²) >= 11 is 5.72. The van der Waals surface area contributed by atoms with Crippen molar-refractivity contribution in [1.29, 1.82) is 0 Å². The van der Waals surface area contributed by atoms with E-state index in [9.17, 15) is 0 Å². The predicted octanol–water partition coefficient (Wildman–Crippen LogP) is 4.72. The molecule has 0 amide bonds. The fourth-order valence-electron chi connectivity index (χ4n) is 1.73. The standard InChI is InChI=1S/C16H23ClO/c1-6-13-7-8-15(18-11-12(2)10-17)14(9-13)16(3,4)5/h7-9H,2,6,10-11H2,1,3-5H3. The first kappa shape index (κ1) is 15.1. The number of halogens is 1. The van der Waals surface area contributed by atoms with Gasteiger partial charge in [-0.15, -0.1) is 11.6 Å². The van der Waals surface area contributed by atoms with Crippen molar-refractivity contribution in [2.75, 3.05) is 12.5 Å². The van der Waals surface area contributed by atoms with E-state index in [0.717, 1.165) is 17.7 Å². The van der Waals surface area contributed by atoms with Gasteiger partial charge < -0.3 is 4.74 Å². The van der Waals surface area contributed by atoms with Crippen LogP contribution in [0.25, 0.3) is 0 Å². The van der Waals surface area contributed by atoms with Crippen LogP contribution in [0.2, 0.25) is 0 Å². The average Bonchev–Trinajstić information content (AvgIpc) is 2.34. The topological polar surface area (TPSA) is 9.23 Å². The van der Waals surface area contributed by atoms with Crippen molar-refractivity contribution < 1.29 is 4.74 Å². The molecule has 1 aromatic carbocycles. The van der Waals surface area contributed by atoms with Crippen molar-refractivity contribution in [3.8, 4) is 5.75 Å². The summed E-state index contributed by atoms with van der Waals surface area (Å²) in [4.78, 5) is 0. The Morgan fingerprint density at radius 2 is 2.00 bits per heavy atom. The highest BCUT2D eigenvalue weighted by Gasteiger charge is 2.19. The van der Waals surface area contributed by atoms with E-state index in [1.165, 1.54) is 11.1 Å². The van der Waals surface area contributed by atoms with Gasteiger partial charge in [-0.2, -0.15) is 0 Å². The molecule has 0 saturated carbocycles. The highest BCUT2D eigenvalue weighted by atomic mass is 35.5. The van der Waals surface area contributed by atoms with E-state index >= 15 is 0 Å². The quantitative estimate of drug-likeness (QED) is 0.553. The highest BCUT2D eigenvalue weighted by molar-refractivity contribution is 6.19. The zero-order chi connectivity index (χ0) is 13.8. The van der Waals surface area contributed by atoms with Crippen molar-refractivity contribution in [1.82, 2.24) is 0 Å². The van der Waals surface area contributed by atoms with E-state index in [-0.39, 0.29) is 5.41 Å². The lowest BCUT2D eigenvalue weighted by atomic mass is 9.85. The van der Waals surface area contributed by atoms with Crippen molar-refractivity contribution in [2.45, 2.75) is 39.5 Å². The Labute approximate surface area is 116 Å². The van der Waals surface area contributed by atoms with Gasteiger partial charge in [0.05, 0.1) is 0 Å². The summed E-state index contributed by atoms with van der Waals surface area (Å²) in [5.41, 5.74) is 3.55. The summed E-state index contributed by atoms with van der Waals surface area (Å²) in [7, 11) is 0. The van der Waals surface area contributed by atoms with Crippen molar-refractivity contribution >= 4 is 11.6 Å². The molecule has 0 unspecified atom stereocenters. The molecule has 0 radical (unpaired) electrons.